The van der Waals surface area contributed by atoms with E-state index in [2.05, 4.69) is 24.0 Å². The number of aryl methyl sites for hydroxylation is 1. The van der Waals surface area contributed by atoms with Gasteiger partial charge in [0.1, 0.15) is 17.1 Å². The fourth-order valence-corrected chi connectivity index (χ4v) is 1.78. The Bertz CT molecular complexity index is 502. The van der Waals surface area contributed by atoms with Gasteiger partial charge in [-0.1, -0.05) is 0 Å². The number of pyridine rings is 1. The topological polar surface area (TPSA) is 55.3 Å². The monoisotopic (exact) mass is 219 g/mol. The van der Waals surface area contributed by atoms with Crippen LogP contribution in [-0.2, 0) is 6.42 Å². The second-order valence-corrected chi connectivity index (χ2v) is 4.27. The minimum Gasteiger partial charge on any atom is -0.459 e. The second-order valence-electron chi connectivity index (χ2n) is 4.27. The molecule has 0 unspecified atom stereocenters. The van der Waals surface area contributed by atoms with E-state index in [0.717, 1.165) is 35.4 Å². The van der Waals surface area contributed by atoms with Gasteiger partial charge < -0.3 is 15.1 Å². The molecule has 0 aliphatic carbocycles. The first kappa shape index (κ1) is 11.0. The molecule has 0 aliphatic heterocycles. The van der Waals surface area contributed by atoms with E-state index in [9.17, 15) is 0 Å². The number of anilines is 1. The Labute approximate surface area is 95.1 Å². The zero-order valence-corrected chi connectivity index (χ0v) is 9.95. The molecule has 4 nitrogen and oxygen atoms in total. The van der Waals surface area contributed by atoms with Crippen molar-refractivity contribution in [2.45, 2.75) is 13.3 Å². The third kappa shape index (κ3) is 2.02. The summed E-state index contributed by atoms with van der Waals surface area (Å²) in [5.41, 5.74) is 8.58. The number of hydrogen-bond donors (Lipinski definition) is 1. The first-order valence-electron chi connectivity index (χ1n) is 5.37. The van der Waals surface area contributed by atoms with Crippen LogP contribution < -0.4 is 5.73 Å². The number of hydrogen-bond acceptors (Lipinski definition) is 4. The van der Waals surface area contributed by atoms with Crippen LogP contribution >= 0.6 is 0 Å². The molecule has 86 valence electrons. The highest BCUT2D eigenvalue weighted by molar-refractivity contribution is 5.79. The third-order valence-corrected chi connectivity index (χ3v) is 2.66. The predicted octanol–water partition coefficient (Wildman–Crippen LogP) is 1.82. The maximum Gasteiger partial charge on any atom is 0.153 e. The summed E-state index contributed by atoms with van der Waals surface area (Å²) in [5, 5.41) is 0. The maximum atomic E-state index is 5.69. The van der Waals surface area contributed by atoms with E-state index in [1.807, 2.05) is 13.0 Å². The van der Waals surface area contributed by atoms with Crippen LogP contribution in [0.3, 0.4) is 0 Å². The molecule has 0 aromatic carbocycles. The maximum absolute atomic E-state index is 5.69. The highest BCUT2D eigenvalue weighted by atomic mass is 16.3. The first-order chi connectivity index (χ1) is 7.58. The molecule has 0 fully saturated rings. The second kappa shape index (κ2) is 4.14. The molecular formula is C12H17N3O. The molecule has 2 rings (SSSR count). The predicted molar refractivity (Wildman–Crippen MR) is 65.4 cm³/mol. The van der Waals surface area contributed by atoms with Crippen LogP contribution in [0.2, 0.25) is 0 Å². The van der Waals surface area contributed by atoms with Gasteiger partial charge in [0, 0.05) is 12.1 Å². The molecule has 0 saturated carbocycles. The molecule has 2 heterocycles. The molecule has 0 atom stereocenters. The van der Waals surface area contributed by atoms with Crippen molar-refractivity contribution in [3.63, 3.8) is 0 Å². The van der Waals surface area contributed by atoms with Crippen molar-refractivity contribution in [2.75, 3.05) is 26.4 Å². The highest BCUT2D eigenvalue weighted by Gasteiger charge is 2.12. The minimum absolute atomic E-state index is 0.541. The zero-order chi connectivity index (χ0) is 11.7. The molecule has 4 heteroatoms. The molecule has 2 aromatic heterocycles. The molecule has 0 spiro atoms. The molecule has 2 aromatic rings. The largest absolute Gasteiger partial charge is 0.459 e. The van der Waals surface area contributed by atoms with Crippen LogP contribution in [0.5, 0.6) is 0 Å². The summed E-state index contributed by atoms with van der Waals surface area (Å²) in [4.78, 5) is 6.48. The van der Waals surface area contributed by atoms with Gasteiger partial charge in [-0.3, -0.25) is 0 Å². The van der Waals surface area contributed by atoms with E-state index in [1.54, 1.807) is 6.07 Å². The summed E-state index contributed by atoms with van der Waals surface area (Å²) in [6.07, 6.45) is 0.933. The summed E-state index contributed by atoms with van der Waals surface area (Å²) in [6.45, 7) is 2.95. The van der Waals surface area contributed by atoms with Gasteiger partial charge in [0.15, 0.2) is 5.58 Å². The molecule has 0 bridgehead atoms. The summed E-state index contributed by atoms with van der Waals surface area (Å²) in [7, 11) is 4.11. The van der Waals surface area contributed by atoms with Gasteiger partial charge in [0.05, 0.1) is 0 Å². The zero-order valence-electron chi connectivity index (χ0n) is 9.95. The Kier molecular flexibility index (Phi) is 2.83. The number of furan rings is 1. The van der Waals surface area contributed by atoms with Gasteiger partial charge in [-0.25, -0.2) is 4.98 Å². The number of likely N-dealkylation sites (N-methyl/N-ethyl adjacent to an activating group) is 1. The van der Waals surface area contributed by atoms with E-state index in [1.165, 1.54) is 0 Å². The van der Waals surface area contributed by atoms with Crippen LogP contribution in [0.4, 0.5) is 5.82 Å². The van der Waals surface area contributed by atoms with E-state index in [-0.39, 0.29) is 0 Å². The molecular weight excluding hydrogens is 202 g/mol. The standard InChI is InChI=1S/C12H17N3O/c1-8-9(6-7-15(2)3)12-10(16-8)4-5-11(13)14-12/h4-5H,6-7H2,1-3H3,(H2,13,14). The highest BCUT2D eigenvalue weighted by Crippen LogP contribution is 2.25. The molecule has 0 radical (unpaired) electrons. The summed E-state index contributed by atoms with van der Waals surface area (Å²) in [5.74, 6) is 1.48. The fraction of sp³-hybridized carbons (Fsp3) is 0.417. The Morgan fingerprint density at radius 3 is 2.81 bits per heavy atom. The van der Waals surface area contributed by atoms with Crippen LogP contribution in [0.15, 0.2) is 16.5 Å². The van der Waals surface area contributed by atoms with Crippen molar-refractivity contribution in [1.82, 2.24) is 9.88 Å². The van der Waals surface area contributed by atoms with Crippen molar-refractivity contribution in [1.29, 1.82) is 0 Å². The van der Waals surface area contributed by atoms with Crippen molar-refractivity contribution in [2.24, 2.45) is 0 Å². The number of rotatable bonds is 3. The normalized spacial score (nSPS) is 11.5. The first-order valence-corrected chi connectivity index (χ1v) is 5.37. The van der Waals surface area contributed by atoms with Crippen molar-refractivity contribution in [3.05, 3.63) is 23.5 Å². The lowest BCUT2D eigenvalue weighted by atomic mass is 10.1. The lowest BCUT2D eigenvalue weighted by molar-refractivity contribution is 0.412. The quantitative estimate of drug-likeness (QED) is 0.855. The number of nitrogens with two attached hydrogens (primary N) is 1. The third-order valence-electron chi connectivity index (χ3n) is 2.66. The van der Waals surface area contributed by atoms with E-state index >= 15 is 0 Å². The number of aromatic nitrogens is 1. The minimum atomic E-state index is 0.541. The lowest BCUT2D eigenvalue weighted by Crippen LogP contribution is -2.15. The lowest BCUT2D eigenvalue weighted by Gasteiger charge is -2.08. The Morgan fingerprint density at radius 2 is 2.12 bits per heavy atom. The van der Waals surface area contributed by atoms with Crippen molar-refractivity contribution >= 4 is 16.9 Å². The van der Waals surface area contributed by atoms with Gasteiger partial charge in [-0.05, 0) is 39.6 Å². The van der Waals surface area contributed by atoms with Crippen LogP contribution in [0.25, 0.3) is 11.1 Å². The average molecular weight is 219 g/mol. The molecule has 0 amide bonds. The summed E-state index contributed by atoms with van der Waals surface area (Å²) in [6, 6.07) is 3.64. The van der Waals surface area contributed by atoms with Gasteiger partial charge in [-0.15, -0.1) is 0 Å². The average Bonchev–Trinajstić information content (AvgIpc) is 2.51. The van der Waals surface area contributed by atoms with Crippen molar-refractivity contribution < 1.29 is 4.42 Å². The molecule has 2 N–H and O–H groups in total. The fourth-order valence-electron chi connectivity index (χ4n) is 1.78. The summed E-state index contributed by atoms with van der Waals surface area (Å²) < 4.78 is 5.65. The number of nitrogens with zero attached hydrogens (tertiary/aromatic N) is 2. The number of fused-ring (bicyclic) bond motifs is 1. The Morgan fingerprint density at radius 1 is 1.38 bits per heavy atom. The van der Waals surface area contributed by atoms with Crippen molar-refractivity contribution in [3.8, 4) is 0 Å². The van der Waals surface area contributed by atoms with Crippen LogP contribution in [0.1, 0.15) is 11.3 Å². The smallest absolute Gasteiger partial charge is 0.153 e. The SMILES string of the molecule is Cc1oc2ccc(N)nc2c1CCN(C)C. The van der Waals surface area contributed by atoms with E-state index in [4.69, 9.17) is 10.2 Å². The molecule has 0 saturated heterocycles. The Hall–Kier alpha value is -1.55. The van der Waals surface area contributed by atoms with Crippen LogP contribution in [0, 0.1) is 6.92 Å². The van der Waals surface area contributed by atoms with Gasteiger partial charge in [-0.2, -0.15) is 0 Å². The van der Waals surface area contributed by atoms with Crippen LogP contribution in [-0.4, -0.2) is 30.5 Å². The number of nitrogen functional groups attached to an aromatic ring is 1. The Balaban J connectivity index is 2.42. The van der Waals surface area contributed by atoms with Gasteiger partial charge in [0.25, 0.3) is 0 Å². The molecule has 16 heavy (non-hydrogen) atoms. The van der Waals surface area contributed by atoms with Gasteiger partial charge in [0.2, 0.25) is 0 Å². The summed E-state index contributed by atoms with van der Waals surface area (Å²) >= 11 is 0. The van der Waals surface area contributed by atoms with Gasteiger partial charge >= 0.3 is 0 Å². The van der Waals surface area contributed by atoms with E-state index < -0.39 is 0 Å². The molecule has 0 aliphatic rings. The van der Waals surface area contributed by atoms with E-state index in [0.29, 0.717) is 5.82 Å².